The maximum atomic E-state index is 12.4. The van der Waals surface area contributed by atoms with Crippen LogP contribution in [-0.2, 0) is 18.4 Å². The summed E-state index contributed by atoms with van der Waals surface area (Å²) in [6, 6.07) is 7.88. The van der Waals surface area contributed by atoms with Crippen molar-refractivity contribution in [1.82, 2.24) is 20.8 Å². The highest BCUT2D eigenvalue weighted by Crippen LogP contribution is 2.24. The second kappa shape index (κ2) is 6.98. The van der Waals surface area contributed by atoms with Gasteiger partial charge in [-0.1, -0.05) is 45.0 Å². The molecule has 6 nitrogen and oxygen atoms in total. The SMILES string of the molecule is CC(C)(C)c1ccc(C(O)CNC(=O)c2n[nH]c3c2CNCC3)cc1. The van der Waals surface area contributed by atoms with E-state index in [4.69, 9.17) is 0 Å². The number of rotatable bonds is 4. The molecule has 25 heavy (non-hydrogen) atoms. The number of carbonyl (C=O) groups excluding carboxylic acids is 1. The first kappa shape index (κ1) is 17.6. The van der Waals surface area contributed by atoms with Crippen molar-refractivity contribution in [3.63, 3.8) is 0 Å². The third kappa shape index (κ3) is 3.91. The number of aromatic amines is 1. The van der Waals surface area contributed by atoms with Gasteiger partial charge in [0.25, 0.3) is 5.91 Å². The maximum absolute atomic E-state index is 12.4. The van der Waals surface area contributed by atoms with Gasteiger partial charge < -0.3 is 15.7 Å². The first-order chi connectivity index (χ1) is 11.9. The Kier molecular flexibility index (Phi) is 4.92. The summed E-state index contributed by atoms with van der Waals surface area (Å²) in [6.07, 6.45) is 0.101. The van der Waals surface area contributed by atoms with E-state index in [2.05, 4.69) is 41.6 Å². The number of hydrogen-bond donors (Lipinski definition) is 4. The third-order valence-corrected chi connectivity index (χ3v) is 4.64. The van der Waals surface area contributed by atoms with E-state index in [1.54, 1.807) is 0 Å². The van der Waals surface area contributed by atoms with Crippen LogP contribution in [0, 0.1) is 0 Å². The molecule has 0 saturated heterocycles. The molecule has 0 fully saturated rings. The number of aliphatic hydroxyl groups is 1. The van der Waals surface area contributed by atoms with E-state index in [1.807, 2.05) is 24.3 Å². The van der Waals surface area contributed by atoms with Crippen LogP contribution in [0.15, 0.2) is 24.3 Å². The van der Waals surface area contributed by atoms with Gasteiger partial charge in [-0.25, -0.2) is 0 Å². The minimum absolute atomic E-state index is 0.0742. The lowest BCUT2D eigenvalue weighted by Gasteiger charge is -2.20. The zero-order valence-corrected chi connectivity index (χ0v) is 15.0. The van der Waals surface area contributed by atoms with E-state index >= 15 is 0 Å². The molecule has 1 aromatic heterocycles. The second-order valence-electron chi connectivity index (χ2n) is 7.55. The quantitative estimate of drug-likeness (QED) is 0.682. The number of benzene rings is 1. The summed E-state index contributed by atoms with van der Waals surface area (Å²) >= 11 is 0. The van der Waals surface area contributed by atoms with Crippen LogP contribution >= 0.6 is 0 Å². The van der Waals surface area contributed by atoms with Gasteiger partial charge in [-0.15, -0.1) is 0 Å². The first-order valence-electron chi connectivity index (χ1n) is 8.70. The maximum Gasteiger partial charge on any atom is 0.272 e. The standard InChI is InChI=1S/C19H26N4O2/c1-19(2,3)13-6-4-12(5-7-13)16(24)11-21-18(25)17-14-10-20-9-8-15(14)22-23-17/h4-7,16,20,24H,8-11H2,1-3H3,(H,21,25)(H,22,23). The van der Waals surface area contributed by atoms with Gasteiger partial charge >= 0.3 is 0 Å². The van der Waals surface area contributed by atoms with E-state index in [1.165, 1.54) is 5.56 Å². The van der Waals surface area contributed by atoms with Gasteiger partial charge in [-0.05, 0) is 16.5 Å². The van der Waals surface area contributed by atoms with Crippen LogP contribution in [0.2, 0.25) is 0 Å². The number of nitrogens with zero attached hydrogens (tertiary/aromatic N) is 1. The highest BCUT2D eigenvalue weighted by molar-refractivity contribution is 5.94. The molecule has 2 heterocycles. The summed E-state index contributed by atoms with van der Waals surface area (Å²) in [4.78, 5) is 12.4. The van der Waals surface area contributed by atoms with Crippen LogP contribution in [0.1, 0.15) is 59.7 Å². The van der Waals surface area contributed by atoms with E-state index in [0.29, 0.717) is 12.2 Å². The van der Waals surface area contributed by atoms with Crippen molar-refractivity contribution in [2.45, 2.75) is 45.3 Å². The van der Waals surface area contributed by atoms with Gasteiger partial charge in [-0.2, -0.15) is 5.10 Å². The zero-order valence-electron chi connectivity index (χ0n) is 15.0. The Morgan fingerprint density at radius 1 is 1.32 bits per heavy atom. The Labute approximate surface area is 148 Å². The van der Waals surface area contributed by atoms with Crippen LogP contribution in [0.5, 0.6) is 0 Å². The predicted molar refractivity (Wildman–Crippen MR) is 96.4 cm³/mol. The van der Waals surface area contributed by atoms with E-state index in [9.17, 15) is 9.90 Å². The average molecular weight is 342 g/mol. The molecule has 1 unspecified atom stereocenters. The topological polar surface area (TPSA) is 90.0 Å². The van der Waals surface area contributed by atoms with Crippen molar-refractivity contribution >= 4 is 5.91 Å². The molecule has 0 aliphatic carbocycles. The van der Waals surface area contributed by atoms with E-state index in [0.717, 1.165) is 29.8 Å². The highest BCUT2D eigenvalue weighted by Gasteiger charge is 2.22. The van der Waals surface area contributed by atoms with Gasteiger partial charge in [0.15, 0.2) is 5.69 Å². The van der Waals surface area contributed by atoms with Gasteiger partial charge in [-0.3, -0.25) is 9.89 Å². The summed E-state index contributed by atoms with van der Waals surface area (Å²) in [5.41, 5.74) is 4.43. The number of H-pyrrole nitrogens is 1. The molecule has 4 N–H and O–H groups in total. The number of hydrogen-bond acceptors (Lipinski definition) is 4. The Morgan fingerprint density at radius 2 is 2.04 bits per heavy atom. The average Bonchev–Trinajstić information content (AvgIpc) is 3.03. The number of aliphatic hydroxyl groups excluding tert-OH is 1. The van der Waals surface area contributed by atoms with E-state index in [-0.39, 0.29) is 17.9 Å². The first-order valence-corrected chi connectivity index (χ1v) is 8.70. The number of fused-ring (bicyclic) bond motifs is 1. The van der Waals surface area contributed by atoms with Gasteiger partial charge in [0, 0.05) is 37.3 Å². The lowest BCUT2D eigenvalue weighted by molar-refractivity contribution is 0.0910. The fourth-order valence-corrected chi connectivity index (χ4v) is 3.01. The van der Waals surface area contributed by atoms with Crippen LogP contribution in [-0.4, -0.2) is 34.3 Å². The molecule has 0 bridgehead atoms. The Morgan fingerprint density at radius 3 is 2.72 bits per heavy atom. The molecular formula is C19H26N4O2. The molecule has 0 radical (unpaired) electrons. The molecule has 6 heteroatoms. The highest BCUT2D eigenvalue weighted by atomic mass is 16.3. The number of aromatic nitrogens is 2. The fourth-order valence-electron chi connectivity index (χ4n) is 3.01. The van der Waals surface area contributed by atoms with Gasteiger partial charge in [0.2, 0.25) is 0 Å². The molecule has 0 saturated carbocycles. The molecule has 2 aromatic rings. The van der Waals surface area contributed by atoms with Gasteiger partial charge in [0.1, 0.15) is 0 Å². The Balaban J connectivity index is 1.61. The van der Waals surface area contributed by atoms with Crippen molar-refractivity contribution in [1.29, 1.82) is 0 Å². The number of amides is 1. The molecule has 1 aliphatic heterocycles. The minimum atomic E-state index is -0.745. The Bertz CT molecular complexity index is 744. The van der Waals surface area contributed by atoms with Crippen molar-refractivity contribution < 1.29 is 9.90 Å². The van der Waals surface area contributed by atoms with Crippen LogP contribution in [0.4, 0.5) is 0 Å². The molecule has 0 spiro atoms. The lowest BCUT2D eigenvalue weighted by atomic mass is 9.86. The van der Waals surface area contributed by atoms with Crippen molar-refractivity contribution in [3.8, 4) is 0 Å². The van der Waals surface area contributed by atoms with E-state index < -0.39 is 6.10 Å². The predicted octanol–water partition coefficient (Wildman–Crippen LogP) is 1.82. The summed E-state index contributed by atoms with van der Waals surface area (Å²) in [5.74, 6) is -0.258. The van der Waals surface area contributed by atoms with Crippen molar-refractivity contribution in [2.24, 2.45) is 0 Å². The molecule has 1 atom stereocenters. The van der Waals surface area contributed by atoms with Gasteiger partial charge in [0.05, 0.1) is 6.10 Å². The zero-order chi connectivity index (χ0) is 18.0. The fraction of sp³-hybridized carbons (Fsp3) is 0.474. The molecule has 1 amide bonds. The second-order valence-corrected chi connectivity index (χ2v) is 7.55. The monoisotopic (exact) mass is 342 g/mol. The molecule has 134 valence electrons. The lowest BCUT2D eigenvalue weighted by Crippen LogP contribution is -2.31. The minimum Gasteiger partial charge on any atom is -0.387 e. The molecule has 1 aromatic carbocycles. The summed E-state index contributed by atoms with van der Waals surface area (Å²) < 4.78 is 0. The normalized spacial score (nSPS) is 15.5. The third-order valence-electron chi connectivity index (χ3n) is 4.64. The van der Waals surface area contributed by atoms with Crippen molar-refractivity contribution in [3.05, 3.63) is 52.3 Å². The summed E-state index contributed by atoms with van der Waals surface area (Å²) in [6.45, 7) is 8.14. The molecule has 3 rings (SSSR count). The Hall–Kier alpha value is -2.18. The van der Waals surface area contributed by atoms with Crippen LogP contribution in [0.25, 0.3) is 0 Å². The number of carbonyl (C=O) groups is 1. The molecular weight excluding hydrogens is 316 g/mol. The van der Waals surface area contributed by atoms with Crippen LogP contribution in [0.3, 0.4) is 0 Å². The molecule has 1 aliphatic rings. The smallest absolute Gasteiger partial charge is 0.272 e. The van der Waals surface area contributed by atoms with Crippen molar-refractivity contribution in [2.75, 3.05) is 13.1 Å². The largest absolute Gasteiger partial charge is 0.387 e. The summed E-state index contributed by atoms with van der Waals surface area (Å²) in [5, 5.41) is 23.4. The van der Waals surface area contributed by atoms with Crippen LogP contribution < -0.4 is 10.6 Å². The number of nitrogens with one attached hydrogen (secondary N) is 3. The summed E-state index contributed by atoms with van der Waals surface area (Å²) in [7, 11) is 0.